The highest BCUT2D eigenvalue weighted by Gasteiger charge is 2.09. The smallest absolute Gasteiger partial charge is 0.255 e. The third kappa shape index (κ3) is 2.72. The topological polar surface area (TPSA) is 42.0 Å². The zero-order chi connectivity index (χ0) is 11.5. The van der Waals surface area contributed by atoms with E-state index in [0.717, 1.165) is 5.69 Å². The average Bonchev–Trinajstić information content (AvgIpc) is 2.68. The molecule has 82 valence electrons. The summed E-state index contributed by atoms with van der Waals surface area (Å²) >= 11 is 12.9. The summed E-state index contributed by atoms with van der Waals surface area (Å²) in [5.74, 6) is -0.260. The van der Waals surface area contributed by atoms with Crippen LogP contribution in [0.1, 0.15) is 10.4 Å². The standard InChI is InChI=1S/C10H6Cl2N2OS/c11-8-3-6(4-9(12)14-8)10(15)13-7-1-2-16-5-7/h1-5H,(H,13,15). The zero-order valence-electron chi connectivity index (χ0n) is 7.91. The zero-order valence-corrected chi connectivity index (χ0v) is 10.2. The van der Waals surface area contributed by atoms with Crippen LogP contribution in [-0.4, -0.2) is 10.9 Å². The minimum atomic E-state index is -0.260. The maximum absolute atomic E-state index is 11.8. The number of hydrogen-bond acceptors (Lipinski definition) is 3. The summed E-state index contributed by atoms with van der Waals surface area (Å²) in [5, 5.41) is 6.83. The molecule has 2 aromatic heterocycles. The number of hydrogen-bond donors (Lipinski definition) is 1. The molecule has 2 aromatic rings. The van der Waals surface area contributed by atoms with Crippen LogP contribution in [0, 0.1) is 0 Å². The molecule has 0 saturated heterocycles. The van der Waals surface area contributed by atoms with Crippen molar-refractivity contribution in [1.29, 1.82) is 0 Å². The van der Waals surface area contributed by atoms with Gasteiger partial charge in [-0.15, -0.1) is 0 Å². The van der Waals surface area contributed by atoms with E-state index in [0.29, 0.717) is 5.56 Å². The van der Waals surface area contributed by atoms with Gasteiger partial charge in [0.1, 0.15) is 10.3 Å². The van der Waals surface area contributed by atoms with Gasteiger partial charge in [-0.05, 0) is 23.6 Å². The van der Waals surface area contributed by atoms with Gasteiger partial charge in [0.25, 0.3) is 5.91 Å². The maximum Gasteiger partial charge on any atom is 0.255 e. The van der Waals surface area contributed by atoms with E-state index in [-0.39, 0.29) is 16.2 Å². The lowest BCUT2D eigenvalue weighted by Crippen LogP contribution is -2.11. The minimum Gasteiger partial charge on any atom is -0.321 e. The molecule has 16 heavy (non-hydrogen) atoms. The van der Waals surface area contributed by atoms with Crippen LogP contribution in [0.2, 0.25) is 10.3 Å². The molecule has 1 amide bonds. The van der Waals surface area contributed by atoms with Crippen LogP contribution in [0.5, 0.6) is 0 Å². The van der Waals surface area contributed by atoms with Gasteiger partial charge in [0.05, 0.1) is 5.69 Å². The van der Waals surface area contributed by atoms with Gasteiger partial charge in [0, 0.05) is 10.9 Å². The van der Waals surface area contributed by atoms with E-state index >= 15 is 0 Å². The van der Waals surface area contributed by atoms with Crippen LogP contribution in [0.15, 0.2) is 29.0 Å². The second kappa shape index (κ2) is 4.82. The number of aromatic nitrogens is 1. The molecule has 0 unspecified atom stereocenters. The Morgan fingerprint density at radius 2 is 2.00 bits per heavy atom. The van der Waals surface area contributed by atoms with Gasteiger partial charge in [-0.1, -0.05) is 23.2 Å². The van der Waals surface area contributed by atoms with Gasteiger partial charge >= 0.3 is 0 Å². The number of thiophene rings is 1. The van der Waals surface area contributed by atoms with Gasteiger partial charge in [-0.25, -0.2) is 4.98 Å². The van der Waals surface area contributed by atoms with Crippen molar-refractivity contribution in [3.8, 4) is 0 Å². The van der Waals surface area contributed by atoms with E-state index in [1.165, 1.54) is 23.5 Å². The minimum absolute atomic E-state index is 0.197. The summed E-state index contributed by atoms with van der Waals surface area (Å²) in [6.07, 6.45) is 0. The van der Waals surface area contributed by atoms with Crippen LogP contribution >= 0.6 is 34.5 Å². The highest BCUT2D eigenvalue weighted by molar-refractivity contribution is 7.08. The van der Waals surface area contributed by atoms with Crippen LogP contribution in [0.4, 0.5) is 5.69 Å². The number of anilines is 1. The van der Waals surface area contributed by atoms with Crippen molar-refractivity contribution in [2.45, 2.75) is 0 Å². The Morgan fingerprint density at radius 1 is 1.31 bits per heavy atom. The molecule has 2 heterocycles. The Labute approximate surface area is 106 Å². The number of rotatable bonds is 2. The second-order valence-corrected chi connectivity index (χ2v) is 4.52. The Morgan fingerprint density at radius 3 is 2.56 bits per heavy atom. The fourth-order valence-electron chi connectivity index (χ4n) is 1.13. The number of nitrogens with zero attached hydrogens (tertiary/aromatic N) is 1. The number of nitrogens with one attached hydrogen (secondary N) is 1. The number of pyridine rings is 1. The van der Waals surface area contributed by atoms with Crippen molar-refractivity contribution in [3.63, 3.8) is 0 Å². The first-order valence-corrected chi connectivity index (χ1v) is 6.01. The van der Waals surface area contributed by atoms with Crippen molar-refractivity contribution in [3.05, 3.63) is 44.8 Å². The van der Waals surface area contributed by atoms with Crippen LogP contribution < -0.4 is 5.32 Å². The number of carbonyl (C=O) groups is 1. The molecule has 3 nitrogen and oxygen atoms in total. The van der Waals surface area contributed by atoms with Gasteiger partial charge in [0.15, 0.2) is 0 Å². The van der Waals surface area contributed by atoms with Crippen LogP contribution in [0.3, 0.4) is 0 Å². The molecular formula is C10H6Cl2N2OS. The molecular weight excluding hydrogens is 267 g/mol. The summed E-state index contributed by atoms with van der Waals surface area (Å²) in [5.41, 5.74) is 1.13. The SMILES string of the molecule is O=C(Nc1ccsc1)c1cc(Cl)nc(Cl)c1. The van der Waals surface area contributed by atoms with Crippen molar-refractivity contribution < 1.29 is 4.79 Å². The highest BCUT2D eigenvalue weighted by atomic mass is 35.5. The van der Waals surface area contributed by atoms with Gasteiger partial charge in [-0.2, -0.15) is 11.3 Å². The first kappa shape index (κ1) is 11.4. The average molecular weight is 273 g/mol. The van der Waals surface area contributed by atoms with Crippen LogP contribution in [-0.2, 0) is 0 Å². The highest BCUT2D eigenvalue weighted by Crippen LogP contribution is 2.17. The Hall–Kier alpha value is -1.10. The first-order valence-electron chi connectivity index (χ1n) is 4.32. The van der Waals surface area contributed by atoms with Crippen molar-refractivity contribution in [1.82, 2.24) is 4.98 Å². The largest absolute Gasteiger partial charge is 0.321 e. The monoisotopic (exact) mass is 272 g/mol. The number of carbonyl (C=O) groups excluding carboxylic acids is 1. The summed E-state index contributed by atoms with van der Waals surface area (Å²) in [7, 11) is 0. The van der Waals surface area contributed by atoms with E-state index in [1.54, 1.807) is 0 Å². The van der Waals surface area contributed by atoms with Crippen molar-refractivity contribution in [2.24, 2.45) is 0 Å². The summed E-state index contributed by atoms with van der Waals surface area (Å²) in [6.45, 7) is 0. The molecule has 0 spiro atoms. The summed E-state index contributed by atoms with van der Waals surface area (Å²) < 4.78 is 0. The van der Waals surface area contributed by atoms with Gasteiger partial charge in [0.2, 0.25) is 0 Å². The number of halogens is 2. The third-order valence-electron chi connectivity index (χ3n) is 1.80. The molecule has 0 aromatic carbocycles. The fraction of sp³-hybridized carbons (Fsp3) is 0. The molecule has 0 saturated carbocycles. The normalized spacial score (nSPS) is 10.1. The predicted molar refractivity (Wildman–Crippen MR) is 66.5 cm³/mol. The van der Waals surface area contributed by atoms with E-state index in [1.807, 2.05) is 16.8 Å². The lowest BCUT2D eigenvalue weighted by Gasteiger charge is -2.03. The molecule has 0 radical (unpaired) electrons. The first-order chi connectivity index (χ1) is 7.65. The lowest BCUT2D eigenvalue weighted by atomic mass is 10.2. The quantitative estimate of drug-likeness (QED) is 0.847. The Kier molecular flexibility index (Phi) is 3.43. The molecule has 0 atom stereocenters. The van der Waals surface area contributed by atoms with E-state index in [9.17, 15) is 4.79 Å². The molecule has 0 fully saturated rings. The number of amides is 1. The van der Waals surface area contributed by atoms with E-state index in [2.05, 4.69) is 10.3 Å². The van der Waals surface area contributed by atoms with Crippen molar-refractivity contribution in [2.75, 3.05) is 5.32 Å². The molecule has 0 bridgehead atoms. The molecule has 1 N–H and O–H groups in total. The predicted octanol–water partition coefficient (Wildman–Crippen LogP) is 3.70. The Balaban J connectivity index is 2.21. The third-order valence-corrected chi connectivity index (χ3v) is 2.87. The molecule has 0 aliphatic rings. The maximum atomic E-state index is 11.8. The van der Waals surface area contributed by atoms with Crippen molar-refractivity contribution >= 4 is 46.1 Å². The van der Waals surface area contributed by atoms with Gasteiger partial charge in [-0.3, -0.25) is 4.79 Å². The molecule has 0 aliphatic carbocycles. The van der Waals surface area contributed by atoms with Crippen LogP contribution in [0.25, 0.3) is 0 Å². The van der Waals surface area contributed by atoms with Gasteiger partial charge < -0.3 is 5.32 Å². The summed E-state index contributed by atoms with van der Waals surface area (Å²) in [4.78, 5) is 15.5. The second-order valence-electron chi connectivity index (χ2n) is 2.97. The molecule has 2 rings (SSSR count). The van der Waals surface area contributed by atoms with E-state index in [4.69, 9.17) is 23.2 Å². The van der Waals surface area contributed by atoms with E-state index < -0.39 is 0 Å². The Bertz CT molecular complexity index is 493. The summed E-state index contributed by atoms with van der Waals surface area (Å²) in [6, 6.07) is 4.75. The molecule has 0 aliphatic heterocycles. The fourth-order valence-corrected chi connectivity index (χ4v) is 2.18. The molecule has 6 heteroatoms. The lowest BCUT2D eigenvalue weighted by molar-refractivity contribution is 0.102.